The summed E-state index contributed by atoms with van der Waals surface area (Å²) in [4.78, 5) is 12.8. The monoisotopic (exact) mass is 328 g/mol. The minimum Gasteiger partial charge on any atom is -0.417 e. The zero-order valence-corrected chi connectivity index (χ0v) is 13.3. The van der Waals surface area contributed by atoms with Gasteiger partial charge in [-0.3, -0.25) is 0 Å². The summed E-state index contributed by atoms with van der Waals surface area (Å²) in [6, 6.07) is 3.91. The highest BCUT2D eigenvalue weighted by Crippen LogP contribution is 2.46. The number of halogens is 3. The third kappa shape index (κ3) is 2.84. The molecule has 0 spiro atoms. The number of alkyl halides is 3. The fourth-order valence-electron chi connectivity index (χ4n) is 3.52. The lowest BCUT2D eigenvalue weighted by Crippen LogP contribution is -2.59. The van der Waals surface area contributed by atoms with Crippen molar-refractivity contribution in [2.75, 3.05) is 6.54 Å². The zero-order valence-electron chi connectivity index (χ0n) is 13.3. The molecule has 0 aromatic heterocycles. The number of aryl methyl sites for hydroxylation is 1. The minimum absolute atomic E-state index is 0.0612. The van der Waals surface area contributed by atoms with Crippen LogP contribution in [-0.2, 0) is 17.3 Å². The number of carbonyl (C=O) groups excluding carboxylic acids is 1. The van der Waals surface area contributed by atoms with E-state index in [1.807, 2.05) is 0 Å². The molecular weight excluding hydrogens is 307 g/mol. The van der Waals surface area contributed by atoms with Crippen LogP contribution in [0.5, 0.6) is 0 Å². The van der Waals surface area contributed by atoms with E-state index in [1.165, 1.54) is 12.1 Å². The first-order valence-corrected chi connectivity index (χ1v) is 8.05. The molecule has 0 bridgehead atoms. The molecule has 1 heterocycles. The Labute approximate surface area is 133 Å². The van der Waals surface area contributed by atoms with Crippen LogP contribution in [0.3, 0.4) is 0 Å². The molecule has 2 aliphatic rings. The maximum absolute atomic E-state index is 13.0. The van der Waals surface area contributed by atoms with Crippen LogP contribution in [0.4, 0.5) is 23.7 Å². The van der Waals surface area contributed by atoms with E-state index in [0.717, 1.165) is 18.9 Å². The smallest absolute Gasteiger partial charge is 0.417 e. The Morgan fingerprint density at radius 2 is 2.00 bits per heavy atom. The summed E-state index contributed by atoms with van der Waals surface area (Å²) in [6.45, 7) is 4.19. The molecule has 0 N–H and O–H groups in total. The topological polar surface area (TPSA) is 26.3 Å². The van der Waals surface area contributed by atoms with Crippen molar-refractivity contribution in [2.45, 2.75) is 57.9 Å². The molecule has 23 heavy (non-hydrogen) atoms. The first kappa shape index (κ1) is 16.3. The van der Waals surface area contributed by atoms with Crippen LogP contribution in [0.1, 0.15) is 44.2 Å². The lowest BCUT2D eigenvalue weighted by molar-refractivity contribution is -0.137. The molecule has 126 valence electrons. The molecule has 1 atom stereocenters. The molecule has 1 unspecified atom stereocenters. The van der Waals surface area contributed by atoms with Gasteiger partial charge in [-0.2, -0.15) is 22.4 Å². The zero-order chi connectivity index (χ0) is 16.8. The van der Waals surface area contributed by atoms with Crippen molar-refractivity contribution in [3.63, 3.8) is 0 Å². The molecule has 1 fully saturated rings. The second kappa shape index (κ2) is 5.51. The Morgan fingerprint density at radius 3 is 2.57 bits per heavy atom. The number of ether oxygens (including phenoxy) is 1. The molecule has 1 saturated carbocycles. The molecule has 3 nitrogen and oxygen atoms in total. The number of fused-ring (bicyclic) bond motifs is 1. The van der Waals surface area contributed by atoms with Gasteiger partial charge in [0, 0.05) is 30.9 Å². The van der Waals surface area contributed by atoms with Gasteiger partial charge in [0.2, 0.25) is 0 Å². The Kier molecular flexibility index (Phi) is 3.91. The van der Waals surface area contributed by atoms with E-state index in [2.05, 4.69) is 0 Å². The maximum atomic E-state index is 13.0. The molecule has 1 aromatic rings. The molecule has 1 aliphatic carbocycles. The Balaban J connectivity index is 2.06. The van der Waals surface area contributed by atoms with Crippen LogP contribution in [0.15, 0.2) is 18.2 Å². The highest BCUT2D eigenvalue weighted by Gasteiger charge is 2.56. The van der Waals surface area contributed by atoms with Crippen LogP contribution < -0.4 is 4.48 Å². The Hall–Kier alpha value is -1.56. The quantitative estimate of drug-likeness (QED) is 0.738. The third-order valence-corrected chi connectivity index (χ3v) is 4.63. The Morgan fingerprint density at radius 1 is 1.30 bits per heavy atom. The fourth-order valence-corrected chi connectivity index (χ4v) is 3.52. The van der Waals surface area contributed by atoms with Crippen molar-refractivity contribution in [1.29, 1.82) is 0 Å². The normalized spacial score (nSPS) is 24.4. The highest BCUT2D eigenvalue weighted by molar-refractivity contribution is 5.85. The molecular formula is C17H21F3NO2+. The average molecular weight is 328 g/mol. The van der Waals surface area contributed by atoms with Crippen molar-refractivity contribution in [3.8, 4) is 0 Å². The lowest BCUT2D eigenvalue weighted by Gasteiger charge is -2.39. The van der Waals surface area contributed by atoms with Gasteiger partial charge in [-0.05, 0) is 32.4 Å². The summed E-state index contributed by atoms with van der Waals surface area (Å²) < 4.78 is 44.4. The van der Waals surface area contributed by atoms with Crippen LogP contribution in [0.2, 0.25) is 0 Å². The molecule has 1 amide bonds. The van der Waals surface area contributed by atoms with Gasteiger partial charge in [-0.25, -0.2) is 0 Å². The number of rotatable bonds is 2. The van der Waals surface area contributed by atoms with Gasteiger partial charge < -0.3 is 4.74 Å². The third-order valence-electron chi connectivity index (χ3n) is 4.63. The fraction of sp³-hybridized carbons (Fsp3) is 0.588. The van der Waals surface area contributed by atoms with Gasteiger partial charge in [-0.1, -0.05) is 0 Å². The van der Waals surface area contributed by atoms with E-state index >= 15 is 0 Å². The van der Waals surface area contributed by atoms with Crippen molar-refractivity contribution in [3.05, 3.63) is 29.3 Å². The molecule has 1 aromatic carbocycles. The number of nitrogens with zero attached hydrogens (tertiary/aromatic N) is 1. The van der Waals surface area contributed by atoms with E-state index < -0.39 is 11.7 Å². The predicted molar refractivity (Wildman–Crippen MR) is 81.1 cm³/mol. The largest absolute Gasteiger partial charge is 0.521 e. The van der Waals surface area contributed by atoms with Crippen molar-refractivity contribution in [2.24, 2.45) is 0 Å². The molecule has 6 heteroatoms. The van der Waals surface area contributed by atoms with Crippen molar-refractivity contribution < 1.29 is 22.7 Å². The van der Waals surface area contributed by atoms with E-state index in [9.17, 15) is 18.0 Å². The van der Waals surface area contributed by atoms with Gasteiger partial charge in [0.15, 0.2) is 0 Å². The second-order valence-corrected chi connectivity index (χ2v) is 6.70. The Bertz CT molecular complexity index is 623. The van der Waals surface area contributed by atoms with Crippen LogP contribution in [0, 0.1) is 0 Å². The summed E-state index contributed by atoms with van der Waals surface area (Å²) in [5, 5.41) is 0. The number of amides is 1. The minimum atomic E-state index is -4.36. The predicted octanol–water partition coefficient (Wildman–Crippen LogP) is 4.67. The highest BCUT2D eigenvalue weighted by atomic mass is 19.4. The standard InChI is InChI=1S/C17H21F3NO2/c1-11(2)23-16(22)21(14-6-7-14)9-3-4-12-10-13(17(18,19)20)5-8-15(12)21/h5,8,10-11,14H,3-4,6-7,9H2,1-2H3/q+1. The summed E-state index contributed by atoms with van der Waals surface area (Å²) in [5.41, 5.74) is 0.667. The second-order valence-electron chi connectivity index (χ2n) is 6.70. The first-order chi connectivity index (χ1) is 10.7. The number of quaternary nitrogens is 1. The summed E-state index contributed by atoms with van der Waals surface area (Å²) in [6.07, 6.45) is -1.85. The van der Waals surface area contributed by atoms with E-state index in [-0.39, 0.29) is 22.7 Å². The average Bonchev–Trinajstić information content (AvgIpc) is 3.29. The number of hydrogen-bond donors (Lipinski definition) is 0. The number of hydrogen-bond acceptors (Lipinski definition) is 2. The molecule has 0 saturated heterocycles. The van der Waals surface area contributed by atoms with Crippen molar-refractivity contribution >= 4 is 11.8 Å². The van der Waals surface area contributed by atoms with Gasteiger partial charge in [0.1, 0.15) is 17.8 Å². The summed E-state index contributed by atoms with van der Waals surface area (Å²) in [5.74, 6) is 0. The van der Waals surface area contributed by atoms with Crippen LogP contribution >= 0.6 is 0 Å². The van der Waals surface area contributed by atoms with Crippen LogP contribution in [-0.4, -0.2) is 24.8 Å². The summed E-state index contributed by atoms with van der Waals surface area (Å²) >= 11 is 0. The first-order valence-electron chi connectivity index (χ1n) is 8.05. The van der Waals surface area contributed by atoms with Gasteiger partial charge in [0.25, 0.3) is 0 Å². The van der Waals surface area contributed by atoms with E-state index in [0.29, 0.717) is 30.6 Å². The molecule has 1 aliphatic heterocycles. The van der Waals surface area contributed by atoms with Gasteiger partial charge in [-0.15, -0.1) is 0 Å². The number of benzene rings is 1. The summed E-state index contributed by atoms with van der Waals surface area (Å²) in [7, 11) is 0. The molecule has 3 rings (SSSR count). The lowest BCUT2D eigenvalue weighted by atomic mass is 9.96. The van der Waals surface area contributed by atoms with E-state index in [4.69, 9.17) is 4.74 Å². The number of carbonyl (C=O) groups is 1. The maximum Gasteiger partial charge on any atom is 0.521 e. The van der Waals surface area contributed by atoms with Gasteiger partial charge in [0.05, 0.1) is 12.1 Å². The van der Waals surface area contributed by atoms with Gasteiger partial charge >= 0.3 is 12.3 Å². The van der Waals surface area contributed by atoms with Crippen LogP contribution in [0.25, 0.3) is 0 Å². The molecule has 0 radical (unpaired) electrons. The van der Waals surface area contributed by atoms with E-state index in [1.54, 1.807) is 13.8 Å². The van der Waals surface area contributed by atoms with Crippen molar-refractivity contribution in [1.82, 2.24) is 4.48 Å². The SMILES string of the molecule is CC(C)OC(=O)[N+]1(C2CC2)CCCc2cc(C(F)(F)F)ccc21.